The first-order valence-electron chi connectivity index (χ1n) is 2.24. The fourth-order valence-electron chi connectivity index (χ4n) is 0.488. The van der Waals surface area contributed by atoms with Crippen LogP contribution in [0.5, 0.6) is 0 Å². The third-order valence-electron chi connectivity index (χ3n) is 0.978. The summed E-state index contributed by atoms with van der Waals surface area (Å²) in [6, 6.07) is 0. The zero-order valence-electron chi connectivity index (χ0n) is 4.27. The van der Waals surface area contributed by atoms with Gasteiger partial charge in [0.2, 0.25) is 0 Å². The third-order valence-corrected chi connectivity index (χ3v) is 0.978. The van der Waals surface area contributed by atoms with Gasteiger partial charge in [0.1, 0.15) is 0 Å². The number of carbonyl (C=O) groups is 2. The van der Waals surface area contributed by atoms with Gasteiger partial charge in [-0.05, 0) is 0 Å². The molecule has 5 nitrogen and oxygen atoms in total. The Labute approximate surface area is 122 Å². The van der Waals surface area contributed by atoms with Gasteiger partial charge in [-0.2, -0.15) is 0 Å². The molecule has 0 radical (unpaired) electrons. The summed E-state index contributed by atoms with van der Waals surface area (Å²) in [6.07, 6.45) is -2.25. The fraction of sp³-hybridized carbons (Fsp3) is 0.500. The summed E-state index contributed by atoms with van der Waals surface area (Å²) in [5.41, 5.74) is 0. The van der Waals surface area contributed by atoms with Crippen molar-refractivity contribution in [2.24, 2.45) is 0 Å². The first-order chi connectivity index (χ1) is 4.13. The molecule has 0 amide bonds. The zero-order chi connectivity index (χ0) is 7.02. The molecule has 1 fully saturated rings. The molecule has 0 aromatic heterocycles. The van der Waals surface area contributed by atoms with Gasteiger partial charge >= 0.3 is 87.4 Å². The molecule has 2 atom stereocenters. The standard InChI is InChI=1S/C4H4O5.2Ca.4H/c5-3(6)1-2(9-1)4(7)8;;;;;;/h1-2H,(H,5,6)(H,7,8);;;;;;. The number of aliphatic carboxylic acids is 2. The summed E-state index contributed by atoms with van der Waals surface area (Å²) in [4.78, 5) is 19.8. The van der Waals surface area contributed by atoms with E-state index in [4.69, 9.17) is 10.2 Å². The van der Waals surface area contributed by atoms with Crippen molar-refractivity contribution in [3.8, 4) is 0 Å². The van der Waals surface area contributed by atoms with E-state index in [0.717, 1.165) is 0 Å². The van der Waals surface area contributed by atoms with Crippen LogP contribution in [0.3, 0.4) is 0 Å². The van der Waals surface area contributed by atoms with Crippen molar-refractivity contribution in [1.82, 2.24) is 0 Å². The Morgan fingerprint density at radius 3 is 1.36 bits per heavy atom. The molecular formula is C4H8Ca2O5. The summed E-state index contributed by atoms with van der Waals surface area (Å²) in [5.74, 6) is -2.44. The quantitative estimate of drug-likeness (QED) is 0.382. The molecule has 2 unspecified atom stereocenters. The number of rotatable bonds is 2. The molecule has 11 heavy (non-hydrogen) atoms. The van der Waals surface area contributed by atoms with Gasteiger partial charge in [0.05, 0.1) is 0 Å². The first kappa shape index (κ1) is 14.9. The molecule has 0 aromatic carbocycles. The molecule has 2 N–H and O–H groups in total. The molecule has 1 saturated heterocycles. The number of hydrogen-bond acceptors (Lipinski definition) is 3. The molecule has 0 aromatic rings. The van der Waals surface area contributed by atoms with Gasteiger partial charge in [0.25, 0.3) is 0 Å². The van der Waals surface area contributed by atoms with Crippen molar-refractivity contribution in [3.05, 3.63) is 0 Å². The second-order valence-corrected chi connectivity index (χ2v) is 1.65. The summed E-state index contributed by atoms with van der Waals surface area (Å²) in [5, 5.41) is 16.2. The van der Waals surface area contributed by atoms with Crippen LogP contribution >= 0.6 is 0 Å². The minimum absolute atomic E-state index is 0. The molecule has 1 aliphatic heterocycles. The maximum absolute atomic E-state index is 9.89. The molecule has 0 aliphatic carbocycles. The van der Waals surface area contributed by atoms with Crippen molar-refractivity contribution < 1.29 is 24.5 Å². The number of ether oxygens (including phenoxy) is 1. The van der Waals surface area contributed by atoms with Crippen LogP contribution in [-0.2, 0) is 14.3 Å². The monoisotopic (exact) mass is 216 g/mol. The van der Waals surface area contributed by atoms with Gasteiger partial charge in [0, 0.05) is 0 Å². The van der Waals surface area contributed by atoms with Crippen LogP contribution in [0.4, 0.5) is 0 Å². The molecule has 7 heteroatoms. The van der Waals surface area contributed by atoms with Crippen molar-refractivity contribution in [2.45, 2.75) is 12.2 Å². The van der Waals surface area contributed by atoms with E-state index in [-0.39, 0.29) is 75.5 Å². The minimum atomic E-state index is -1.22. The molecule has 0 spiro atoms. The van der Waals surface area contributed by atoms with E-state index in [0.29, 0.717) is 0 Å². The van der Waals surface area contributed by atoms with E-state index >= 15 is 0 Å². The number of carboxylic acids is 2. The van der Waals surface area contributed by atoms with Crippen LogP contribution in [0, 0.1) is 0 Å². The molecule has 0 bridgehead atoms. The van der Waals surface area contributed by atoms with Gasteiger partial charge in [-0.3, -0.25) is 0 Å². The van der Waals surface area contributed by atoms with Gasteiger partial charge in [-0.15, -0.1) is 0 Å². The topological polar surface area (TPSA) is 87.1 Å². The van der Waals surface area contributed by atoms with E-state index in [1.165, 1.54) is 0 Å². The van der Waals surface area contributed by atoms with Crippen molar-refractivity contribution in [3.63, 3.8) is 0 Å². The van der Waals surface area contributed by atoms with Gasteiger partial charge in [0.15, 0.2) is 12.2 Å². The van der Waals surface area contributed by atoms with E-state index in [1.54, 1.807) is 0 Å². The van der Waals surface area contributed by atoms with Crippen LogP contribution in [0.1, 0.15) is 0 Å². The van der Waals surface area contributed by atoms with Crippen LogP contribution in [0.25, 0.3) is 0 Å². The fourth-order valence-corrected chi connectivity index (χ4v) is 0.488. The molecule has 0 saturated carbocycles. The number of epoxide rings is 1. The van der Waals surface area contributed by atoms with Gasteiger partial charge in [-0.1, -0.05) is 0 Å². The third kappa shape index (κ3) is 4.26. The van der Waals surface area contributed by atoms with E-state index in [2.05, 4.69) is 4.74 Å². The summed E-state index contributed by atoms with van der Waals surface area (Å²) in [7, 11) is 0. The molecule has 58 valence electrons. The van der Waals surface area contributed by atoms with Crippen molar-refractivity contribution in [1.29, 1.82) is 0 Å². The Morgan fingerprint density at radius 1 is 1.00 bits per heavy atom. The van der Waals surface area contributed by atoms with Crippen LogP contribution in [0.15, 0.2) is 0 Å². The van der Waals surface area contributed by atoms with E-state index < -0.39 is 24.1 Å². The Morgan fingerprint density at radius 2 is 1.27 bits per heavy atom. The van der Waals surface area contributed by atoms with Crippen molar-refractivity contribution >= 4 is 87.4 Å². The summed E-state index contributed by atoms with van der Waals surface area (Å²) in [6.45, 7) is 0. The zero-order valence-corrected chi connectivity index (χ0v) is 4.27. The van der Waals surface area contributed by atoms with Crippen molar-refractivity contribution in [2.75, 3.05) is 0 Å². The number of carboxylic acid groups (broad SMARTS) is 2. The SMILES string of the molecule is O=C(O)C1OC1C(=O)O.[CaH2].[CaH2]. The summed E-state index contributed by atoms with van der Waals surface area (Å²) < 4.78 is 4.24. The Kier molecular flexibility index (Phi) is 8.09. The maximum atomic E-state index is 9.89. The molecule has 1 heterocycles. The van der Waals surface area contributed by atoms with Gasteiger partial charge in [-0.25, -0.2) is 9.59 Å². The second-order valence-electron chi connectivity index (χ2n) is 1.65. The number of hydrogen-bond donors (Lipinski definition) is 2. The summed E-state index contributed by atoms with van der Waals surface area (Å²) >= 11 is 0. The van der Waals surface area contributed by atoms with E-state index in [1.807, 2.05) is 0 Å². The normalized spacial score (nSPS) is 25.8. The molecule has 1 aliphatic rings. The Hall–Kier alpha value is 1.42. The van der Waals surface area contributed by atoms with E-state index in [9.17, 15) is 9.59 Å². The Balaban J connectivity index is 0. The van der Waals surface area contributed by atoms with Gasteiger partial charge < -0.3 is 14.9 Å². The average molecular weight is 216 g/mol. The van der Waals surface area contributed by atoms with Crippen LogP contribution in [-0.4, -0.2) is 110 Å². The molecular weight excluding hydrogens is 208 g/mol. The molecule has 1 rings (SSSR count). The predicted octanol–water partition coefficient (Wildman–Crippen LogP) is -2.91. The Bertz CT molecular complexity index is 152. The second kappa shape index (κ2) is 5.96. The van der Waals surface area contributed by atoms with Crippen LogP contribution < -0.4 is 0 Å². The predicted molar refractivity (Wildman–Crippen MR) is 41.0 cm³/mol. The average Bonchev–Trinajstić information content (AvgIpc) is 2.39. The van der Waals surface area contributed by atoms with Crippen LogP contribution in [0.2, 0.25) is 0 Å². The first-order valence-corrected chi connectivity index (χ1v) is 2.24.